The fourth-order valence-electron chi connectivity index (χ4n) is 1.18. The number of carbonyl (C=O) groups excluding carboxylic acids is 1. The Morgan fingerprint density at radius 3 is 2.94 bits per heavy atom. The van der Waals surface area contributed by atoms with Gasteiger partial charge in [0, 0.05) is 7.11 Å². The maximum absolute atomic E-state index is 11.5. The van der Waals surface area contributed by atoms with Gasteiger partial charge in [0.2, 0.25) is 5.91 Å². The van der Waals surface area contributed by atoms with Crippen molar-refractivity contribution in [2.75, 3.05) is 32.2 Å². The first-order chi connectivity index (χ1) is 8.67. The van der Waals surface area contributed by atoms with Gasteiger partial charge in [0.1, 0.15) is 6.61 Å². The first kappa shape index (κ1) is 14.5. The number of rotatable bonds is 6. The molecule has 0 unspecified atom stereocenters. The van der Waals surface area contributed by atoms with Crippen LogP contribution >= 0.6 is 11.6 Å². The third kappa shape index (κ3) is 4.72. The third-order valence-electron chi connectivity index (χ3n) is 2.03. The van der Waals surface area contributed by atoms with Gasteiger partial charge in [-0.1, -0.05) is 11.6 Å². The molecule has 0 bridgehead atoms. The van der Waals surface area contributed by atoms with Crippen molar-refractivity contribution in [2.45, 2.75) is 0 Å². The molecular formula is C12H13ClN2O3. The van der Waals surface area contributed by atoms with Crippen LogP contribution in [-0.2, 0) is 14.3 Å². The molecule has 18 heavy (non-hydrogen) atoms. The highest BCUT2D eigenvalue weighted by atomic mass is 35.5. The SMILES string of the molecule is COCCOCC(=O)Nc1cc(C#N)ccc1Cl. The molecule has 0 saturated carbocycles. The van der Waals surface area contributed by atoms with E-state index in [0.717, 1.165) is 0 Å². The average molecular weight is 269 g/mol. The van der Waals surface area contributed by atoms with Crippen molar-refractivity contribution < 1.29 is 14.3 Å². The van der Waals surface area contributed by atoms with Gasteiger partial charge in [0.25, 0.3) is 0 Å². The lowest BCUT2D eigenvalue weighted by Crippen LogP contribution is -2.19. The summed E-state index contributed by atoms with van der Waals surface area (Å²) in [6.07, 6.45) is 0. The number of anilines is 1. The van der Waals surface area contributed by atoms with Crippen molar-refractivity contribution in [2.24, 2.45) is 0 Å². The molecule has 5 nitrogen and oxygen atoms in total. The van der Waals surface area contributed by atoms with Crippen LogP contribution in [0.5, 0.6) is 0 Å². The van der Waals surface area contributed by atoms with E-state index in [1.165, 1.54) is 6.07 Å². The minimum atomic E-state index is -0.330. The van der Waals surface area contributed by atoms with Crippen molar-refractivity contribution in [3.8, 4) is 6.07 Å². The molecule has 0 saturated heterocycles. The quantitative estimate of drug-likeness (QED) is 0.799. The topological polar surface area (TPSA) is 71.3 Å². The Bertz CT molecular complexity index is 457. The van der Waals surface area contributed by atoms with Gasteiger partial charge in [-0.15, -0.1) is 0 Å². The highest BCUT2D eigenvalue weighted by molar-refractivity contribution is 6.33. The average Bonchev–Trinajstić information content (AvgIpc) is 2.37. The van der Waals surface area contributed by atoms with Crippen LogP contribution in [0.15, 0.2) is 18.2 Å². The standard InChI is InChI=1S/C12H13ClN2O3/c1-17-4-5-18-8-12(16)15-11-6-9(7-14)2-3-10(11)13/h2-3,6H,4-5,8H2,1H3,(H,15,16). The van der Waals surface area contributed by atoms with Gasteiger partial charge in [-0.05, 0) is 18.2 Å². The predicted octanol–water partition coefficient (Wildman–Crippen LogP) is 1.81. The van der Waals surface area contributed by atoms with E-state index in [4.69, 9.17) is 26.3 Å². The van der Waals surface area contributed by atoms with Crippen LogP contribution in [0.3, 0.4) is 0 Å². The zero-order chi connectivity index (χ0) is 13.4. The van der Waals surface area contributed by atoms with Gasteiger partial charge < -0.3 is 14.8 Å². The van der Waals surface area contributed by atoms with Gasteiger partial charge in [0.05, 0.1) is 35.6 Å². The maximum atomic E-state index is 11.5. The summed E-state index contributed by atoms with van der Waals surface area (Å²) < 4.78 is 9.84. The van der Waals surface area contributed by atoms with E-state index < -0.39 is 0 Å². The number of hydrogen-bond acceptors (Lipinski definition) is 4. The Morgan fingerprint density at radius 1 is 1.50 bits per heavy atom. The van der Waals surface area contributed by atoms with Gasteiger partial charge >= 0.3 is 0 Å². The normalized spacial score (nSPS) is 9.83. The summed E-state index contributed by atoms with van der Waals surface area (Å²) in [5.74, 6) is -0.330. The maximum Gasteiger partial charge on any atom is 0.250 e. The Hall–Kier alpha value is -1.61. The van der Waals surface area contributed by atoms with E-state index in [2.05, 4.69) is 5.32 Å². The largest absolute Gasteiger partial charge is 0.382 e. The molecule has 0 fully saturated rings. The number of nitriles is 1. The number of halogens is 1. The fraction of sp³-hybridized carbons (Fsp3) is 0.333. The fourth-order valence-corrected chi connectivity index (χ4v) is 1.35. The summed E-state index contributed by atoms with van der Waals surface area (Å²) in [4.78, 5) is 11.5. The summed E-state index contributed by atoms with van der Waals surface area (Å²) in [6, 6.07) is 6.61. The van der Waals surface area contributed by atoms with Crippen molar-refractivity contribution in [3.63, 3.8) is 0 Å². The van der Waals surface area contributed by atoms with Gasteiger partial charge in [-0.25, -0.2) is 0 Å². The number of amides is 1. The Kier molecular flexibility index (Phi) is 6.15. The molecule has 0 aliphatic heterocycles. The molecule has 1 aromatic rings. The number of ether oxygens (including phenoxy) is 2. The van der Waals surface area contributed by atoms with E-state index in [1.54, 1.807) is 19.2 Å². The zero-order valence-electron chi connectivity index (χ0n) is 9.90. The predicted molar refractivity (Wildman–Crippen MR) is 67.5 cm³/mol. The second-order valence-electron chi connectivity index (χ2n) is 3.40. The number of nitrogens with zero attached hydrogens (tertiary/aromatic N) is 1. The van der Waals surface area contributed by atoms with Crippen molar-refractivity contribution in [1.82, 2.24) is 0 Å². The molecule has 0 atom stereocenters. The molecule has 1 N–H and O–H groups in total. The number of benzene rings is 1. The summed E-state index contributed by atoms with van der Waals surface area (Å²) >= 11 is 5.90. The molecule has 0 aromatic heterocycles. The third-order valence-corrected chi connectivity index (χ3v) is 2.36. The first-order valence-corrected chi connectivity index (χ1v) is 5.61. The van der Waals surface area contributed by atoms with E-state index in [1.807, 2.05) is 6.07 Å². The molecule has 0 aliphatic rings. The van der Waals surface area contributed by atoms with Crippen LogP contribution in [0, 0.1) is 11.3 Å². The minimum absolute atomic E-state index is 0.0868. The Labute approximate surface area is 110 Å². The second kappa shape index (κ2) is 7.67. The van der Waals surface area contributed by atoms with E-state index in [9.17, 15) is 4.79 Å². The smallest absolute Gasteiger partial charge is 0.250 e. The van der Waals surface area contributed by atoms with Gasteiger partial charge in [0.15, 0.2) is 0 Å². The van der Waals surface area contributed by atoms with Crippen molar-refractivity contribution >= 4 is 23.2 Å². The van der Waals surface area contributed by atoms with Gasteiger partial charge in [-0.2, -0.15) is 5.26 Å². The lowest BCUT2D eigenvalue weighted by atomic mass is 10.2. The Balaban J connectivity index is 2.51. The van der Waals surface area contributed by atoms with Crippen LogP contribution < -0.4 is 5.32 Å². The summed E-state index contributed by atoms with van der Waals surface area (Å²) in [5, 5.41) is 11.7. The Morgan fingerprint density at radius 2 is 2.28 bits per heavy atom. The van der Waals surface area contributed by atoms with Crippen LogP contribution in [0.25, 0.3) is 0 Å². The van der Waals surface area contributed by atoms with E-state index in [0.29, 0.717) is 29.5 Å². The first-order valence-electron chi connectivity index (χ1n) is 5.23. The molecular weight excluding hydrogens is 256 g/mol. The molecule has 0 radical (unpaired) electrons. The molecule has 1 rings (SSSR count). The minimum Gasteiger partial charge on any atom is -0.382 e. The van der Waals surface area contributed by atoms with Crippen LogP contribution in [0.4, 0.5) is 5.69 Å². The summed E-state index contributed by atoms with van der Waals surface area (Å²) in [7, 11) is 1.55. The monoisotopic (exact) mass is 268 g/mol. The van der Waals surface area contributed by atoms with Crippen molar-refractivity contribution in [3.05, 3.63) is 28.8 Å². The molecule has 0 spiro atoms. The second-order valence-corrected chi connectivity index (χ2v) is 3.81. The lowest BCUT2D eigenvalue weighted by Gasteiger charge is -2.08. The van der Waals surface area contributed by atoms with Crippen molar-refractivity contribution in [1.29, 1.82) is 5.26 Å². The molecule has 1 amide bonds. The van der Waals surface area contributed by atoms with Gasteiger partial charge in [-0.3, -0.25) is 4.79 Å². The van der Waals surface area contributed by atoms with E-state index in [-0.39, 0.29) is 12.5 Å². The number of hydrogen-bond donors (Lipinski definition) is 1. The molecule has 0 heterocycles. The summed E-state index contributed by atoms with van der Waals surface area (Å²) in [5.41, 5.74) is 0.825. The molecule has 6 heteroatoms. The number of methoxy groups -OCH3 is 1. The number of carbonyl (C=O) groups is 1. The highest BCUT2D eigenvalue weighted by Gasteiger charge is 2.07. The zero-order valence-corrected chi connectivity index (χ0v) is 10.7. The van der Waals surface area contributed by atoms with Crippen LogP contribution in [-0.4, -0.2) is 32.8 Å². The molecule has 96 valence electrons. The van der Waals surface area contributed by atoms with Crippen LogP contribution in [0.1, 0.15) is 5.56 Å². The van der Waals surface area contributed by atoms with E-state index >= 15 is 0 Å². The lowest BCUT2D eigenvalue weighted by molar-refractivity contribution is -0.121. The molecule has 0 aliphatic carbocycles. The number of nitrogens with one attached hydrogen (secondary N) is 1. The van der Waals surface area contributed by atoms with Crippen LogP contribution in [0.2, 0.25) is 5.02 Å². The highest BCUT2D eigenvalue weighted by Crippen LogP contribution is 2.22. The summed E-state index contributed by atoms with van der Waals surface area (Å²) in [6.45, 7) is 0.685. The molecule has 1 aromatic carbocycles.